The molecule has 6 nitrogen and oxygen atoms in total. The number of rotatable bonds is 2. The molecule has 1 aromatic rings. The Kier molecular flexibility index (Phi) is 2.96. The van der Waals surface area contributed by atoms with E-state index in [-0.39, 0.29) is 22.6 Å². The lowest BCUT2D eigenvalue weighted by Gasteiger charge is -2.26. The minimum atomic E-state index is -2.72. The minimum Gasteiger partial charge on any atom is -0.469 e. The number of ether oxygens (including phenoxy) is 1. The molecular formula is C8H8F2IN3O3. The van der Waals surface area contributed by atoms with E-state index < -0.39 is 22.6 Å². The summed E-state index contributed by atoms with van der Waals surface area (Å²) < 4.78 is 31.7. The van der Waals surface area contributed by atoms with Crippen LogP contribution in [0.2, 0.25) is 0 Å². The van der Waals surface area contributed by atoms with Gasteiger partial charge in [0.05, 0.1) is 0 Å². The monoisotopic (exact) mass is 359 g/mol. The Hall–Kier alpha value is -1.00. The first-order valence-electron chi connectivity index (χ1n) is 4.67. The van der Waals surface area contributed by atoms with Crippen LogP contribution < -0.4 is 4.74 Å². The summed E-state index contributed by atoms with van der Waals surface area (Å²) >= 11 is 1.71. The van der Waals surface area contributed by atoms with Crippen LogP contribution in [0.25, 0.3) is 0 Å². The van der Waals surface area contributed by atoms with Crippen molar-refractivity contribution >= 4 is 22.6 Å². The fourth-order valence-corrected chi connectivity index (χ4v) is 2.31. The van der Waals surface area contributed by atoms with Crippen LogP contribution in [-0.2, 0) is 6.54 Å². The van der Waals surface area contributed by atoms with E-state index in [1.165, 1.54) is 6.92 Å². The summed E-state index contributed by atoms with van der Waals surface area (Å²) in [5.74, 6) is 0.181. The average Bonchev–Trinajstić information content (AvgIpc) is 2.55. The number of nitrogens with zero attached hydrogens (tertiary/aromatic N) is 3. The molecule has 17 heavy (non-hydrogen) atoms. The molecule has 1 aromatic heterocycles. The maximum absolute atomic E-state index is 12.6. The van der Waals surface area contributed by atoms with E-state index in [1.54, 1.807) is 22.6 Å². The van der Waals surface area contributed by atoms with Crippen LogP contribution in [0, 0.1) is 13.7 Å². The molecule has 0 fully saturated rings. The van der Waals surface area contributed by atoms with Crippen LogP contribution in [0.3, 0.4) is 0 Å². The normalized spacial score (nSPS) is 23.4. The Morgan fingerprint density at radius 1 is 1.71 bits per heavy atom. The second-order valence-electron chi connectivity index (χ2n) is 4.01. The Labute approximate surface area is 108 Å². The molecule has 0 N–H and O–H groups in total. The summed E-state index contributed by atoms with van der Waals surface area (Å²) in [5.41, 5.74) is -1.73. The van der Waals surface area contributed by atoms with E-state index in [4.69, 9.17) is 4.74 Å². The fraction of sp³-hybridized carbons (Fsp3) is 0.625. The van der Waals surface area contributed by atoms with Crippen molar-refractivity contribution in [2.45, 2.75) is 25.4 Å². The minimum absolute atomic E-state index is 0.0714. The van der Waals surface area contributed by atoms with Crippen molar-refractivity contribution in [1.82, 2.24) is 9.78 Å². The Bertz CT molecular complexity index is 479. The summed E-state index contributed by atoms with van der Waals surface area (Å²) in [6.45, 7) is 1.18. The van der Waals surface area contributed by atoms with Crippen LogP contribution in [0.4, 0.5) is 8.78 Å². The molecular weight excluding hydrogens is 351 g/mol. The van der Waals surface area contributed by atoms with Crippen molar-refractivity contribution < 1.29 is 18.4 Å². The highest BCUT2D eigenvalue weighted by atomic mass is 127. The van der Waals surface area contributed by atoms with Gasteiger partial charge in [0, 0.05) is 11.8 Å². The zero-order valence-electron chi connectivity index (χ0n) is 8.69. The number of alkyl halides is 2. The largest absolute Gasteiger partial charge is 0.469 e. The number of halogens is 3. The number of hydrogen-bond donors (Lipinski definition) is 0. The highest BCUT2D eigenvalue weighted by molar-refractivity contribution is 14.1. The van der Waals surface area contributed by atoms with E-state index in [0.717, 1.165) is 4.68 Å². The van der Waals surface area contributed by atoms with Gasteiger partial charge in [-0.25, -0.2) is 13.5 Å². The maximum atomic E-state index is 12.6. The Morgan fingerprint density at radius 3 is 2.88 bits per heavy atom. The second-order valence-corrected chi connectivity index (χ2v) is 5.08. The van der Waals surface area contributed by atoms with E-state index in [0.29, 0.717) is 0 Å². The van der Waals surface area contributed by atoms with Crippen LogP contribution >= 0.6 is 22.6 Å². The maximum Gasteiger partial charge on any atom is 0.283 e. The van der Waals surface area contributed by atoms with E-state index in [1.807, 2.05) is 0 Å². The molecule has 0 saturated carbocycles. The summed E-state index contributed by atoms with van der Waals surface area (Å²) in [6.07, 6.45) is -2.72. The highest BCUT2D eigenvalue weighted by Gasteiger charge is 2.44. The Morgan fingerprint density at radius 2 is 2.35 bits per heavy atom. The zero-order chi connectivity index (χ0) is 12.8. The molecule has 1 aliphatic heterocycles. The van der Waals surface area contributed by atoms with Gasteiger partial charge in [-0.3, -0.25) is 10.1 Å². The van der Waals surface area contributed by atoms with Gasteiger partial charge in [-0.05, 0) is 22.6 Å². The zero-order valence-corrected chi connectivity index (χ0v) is 10.8. The molecule has 2 heterocycles. The molecule has 1 unspecified atom stereocenters. The van der Waals surface area contributed by atoms with Gasteiger partial charge in [-0.15, -0.1) is 0 Å². The molecule has 0 bridgehead atoms. The molecule has 0 aliphatic carbocycles. The SMILES string of the molecule is CC1([N+](=O)[O-])COc2c(I)c(C(F)F)nn2C1. The predicted molar refractivity (Wildman–Crippen MR) is 60.8 cm³/mol. The van der Waals surface area contributed by atoms with Crippen molar-refractivity contribution in [1.29, 1.82) is 0 Å². The molecule has 0 aromatic carbocycles. The van der Waals surface area contributed by atoms with Crippen molar-refractivity contribution in [2.75, 3.05) is 6.61 Å². The molecule has 0 saturated heterocycles. The van der Waals surface area contributed by atoms with Crippen LogP contribution in [0.1, 0.15) is 19.0 Å². The lowest BCUT2D eigenvalue weighted by molar-refractivity contribution is -0.572. The van der Waals surface area contributed by atoms with Gasteiger partial charge < -0.3 is 4.74 Å². The van der Waals surface area contributed by atoms with Crippen molar-refractivity contribution in [3.63, 3.8) is 0 Å². The molecule has 1 aliphatic rings. The highest BCUT2D eigenvalue weighted by Crippen LogP contribution is 2.35. The molecule has 2 rings (SSSR count). The smallest absolute Gasteiger partial charge is 0.283 e. The summed E-state index contributed by atoms with van der Waals surface area (Å²) in [5, 5.41) is 14.5. The van der Waals surface area contributed by atoms with Crippen molar-refractivity contribution in [2.24, 2.45) is 0 Å². The molecule has 9 heteroatoms. The van der Waals surface area contributed by atoms with Gasteiger partial charge in [0.25, 0.3) is 12.0 Å². The predicted octanol–water partition coefficient (Wildman–Crippen LogP) is 1.85. The van der Waals surface area contributed by atoms with Crippen LogP contribution in [0.5, 0.6) is 5.88 Å². The third kappa shape index (κ3) is 1.96. The van der Waals surface area contributed by atoms with Gasteiger partial charge in [0.15, 0.2) is 6.61 Å². The topological polar surface area (TPSA) is 70.2 Å². The molecule has 0 amide bonds. The third-order valence-corrected chi connectivity index (χ3v) is 3.55. The standard InChI is InChI=1S/C8H8F2IN3O3/c1-8(14(15)16)2-13-7(17-3-8)4(11)5(12-13)6(9)10/h6H,2-3H2,1H3. The number of fused-ring (bicyclic) bond motifs is 1. The quantitative estimate of drug-likeness (QED) is 0.459. The number of aromatic nitrogens is 2. The molecule has 0 spiro atoms. The second kappa shape index (κ2) is 4.03. The number of hydrogen-bond acceptors (Lipinski definition) is 4. The van der Waals surface area contributed by atoms with Crippen LogP contribution in [-0.4, -0.2) is 26.8 Å². The van der Waals surface area contributed by atoms with E-state index in [2.05, 4.69) is 5.10 Å². The van der Waals surface area contributed by atoms with Gasteiger partial charge in [-0.2, -0.15) is 5.10 Å². The first-order valence-corrected chi connectivity index (χ1v) is 5.74. The van der Waals surface area contributed by atoms with Crippen molar-refractivity contribution in [3.05, 3.63) is 19.4 Å². The third-order valence-electron chi connectivity index (χ3n) is 2.53. The Balaban J connectivity index is 2.40. The lowest BCUT2D eigenvalue weighted by Crippen LogP contribution is -2.48. The number of nitro groups is 1. The van der Waals surface area contributed by atoms with E-state index >= 15 is 0 Å². The molecule has 94 valence electrons. The van der Waals surface area contributed by atoms with Gasteiger partial charge >= 0.3 is 0 Å². The first-order chi connectivity index (χ1) is 7.85. The van der Waals surface area contributed by atoms with Crippen LogP contribution in [0.15, 0.2) is 0 Å². The molecule has 1 atom stereocenters. The summed E-state index contributed by atoms with van der Waals surface area (Å²) in [4.78, 5) is 10.4. The fourth-order valence-electron chi connectivity index (χ4n) is 1.53. The summed E-state index contributed by atoms with van der Waals surface area (Å²) in [6, 6.07) is 0. The average molecular weight is 359 g/mol. The first kappa shape index (κ1) is 12.5. The summed E-state index contributed by atoms with van der Waals surface area (Å²) in [7, 11) is 0. The van der Waals surface area contributed by atoms with Crippen molar-refractivity contribution in [3.8, 4) is 5.88 Å². The van der Waals surface area contributed by atoms with Gasteiger partial charge in [0.2, 0.25) is 5.88 Å². The van der Waals surface area contributed by atoms with Gasteiger partial charge in [-0.1, -0.05) is 0 Å². The molecule has 0 radical (unpaired) electrons. The van der Waals surface area contributed by atoms with Gasteiger partial charge in [0.1, 0.15) is 15.8 Å². The lowest BCUT2D eigenvalue weighted by atomic mass is 10.0. The van der Waals surface area contributed by atoms with E-state index in [9.17, 15) is 18.9 Å².